The minimum Gasteiger partial charge on any atom is -0.497 e. The third-order valence-electron chi connectivity index (χ3n) is 2.95. The van der Waals surface area contributed by atoms with E-state index >= 15 is 0 Å². The molecule has 1 saturated carbocycles. The summed E-state index contributed by atoms with van der Waals surface area (Å²) in [6, 6.07) is 3.95. The summed E-state index contributed by atoms with van der Waals surface area (Å²) in [4.78, 5) is 4.47. The molecular formula is C13H20N2O. The van der Waals surface area contributed by atoms with Gasteiger partial charge in [-0.05, 0) is 25.8 Å². The highest BCUT2D eigenvalue weighted by Crippen LogP contribution is 2.31. The molecule has 1 aromatic heterocycles. The zero-order valence-corrected chi connectivity index (χ0v) is 10.1. The molecule has 88 valence electrons. The van der Waals surface area contributed by atoms with Crippen LogP contribution in [0.25, 0.3) is 0 Å². The van der Waals surface area contributed by atoms with Crippen LogP contribution in [0.2, 0.25) is 0 Å². The average molecular weight is 220 g/mol. The van der Waals surface area contributed by atoms with Crippen molar-refractivity contribution < 1.29 is 4.74 Å². The van der Waals surface area contributed by atoms with Gasteiger partial charge in [0.15, 0.2) is 0 Å². The number of pyridine rings is 1. The molecule has 2 rings (SSSR count). The average Bonchev–Trinajstić information content (AvgIpc) is 3.07. The highest BCUT2D eigenvalue weighted by atomic mass is 16.5. The van der Waals surface area contributed by atoms with Crippen molar-refractivity contribution in [3.63, 3.8) is 0 Å². The van der Waals surface area contributed by atoms with Crippen molar-refractivity contribution in [2.45, 2.75) is 32.7 Å². The maximum atomic E-state index is 5.22. The molecule has 0 bridgehead atoms. The SMILES string of the molecule is COc1cc(C)nc(CNCCC2CC2)c1. The monoisotopic (exact) mass is 220 g/mol. The van der Waals surface area contributed by atoms with E-state index in [0.29, 0.717) is 0 Å². The Morgan fingerprint density at radius 3 is 2.94 bits per heavy atom. The standard InChI is InChI=1S/C13H20N2O/c1-10-7-13(16-2)8-12(15-10)9-14-6-5-11-3-4-11/h7-8,11,14H,3-6,9H2,1-2H3. The van der Waals surface area contributed by atoms with E-state index in [-0.39, 0.29) is 0 Å². The third kappa shape index (κ3) is 3.49. The predicted molar refractivity (Wildman–Crippen MR) is 64.6 cm³/mol. The maximum absolute atomic E-state index is 5.22. The van der Waals surface area contributed by atoms with Gasteiger partial charge in [0.25, 0.3) is 0 Å². The van der Waals surface area contributed by atoms with Gasteiger partial charge in [-0.25, -0.2) is 0 Å². The first-order chi connectivity index (χ1) is 7.78. The zero-order chi connectivity index (χ0) is 11.4. The van der Waals surface area contributed by atoms with Crippen LogP contribution in [0.4, 0.5) is 0 Å². The first kappa shape index (κ1) is 11.4. The van der Waals surface area contributed by atoms with Crippen LogP contribution >= 0.6 is 0 Å². The van der Waals surface area contributed by atoms with Gasteiger partial charge in [-0.3, -0.25) is 4.98 Å². The Bertz CT molecular complexity index is 348. The molecule has 0 saturated heterocycles. The lowest BCUT2D eigenvalue weighted by molar-refractivity contribution is 0.412. The second-order valence-electron chi connectivity index (χ2n) is 4.55. The lowest BCUT2D eigenvalue weighted by Gasteiger charge is -2.07. The molecule has 1 N–H and O–H groups in total. The number of ether oxygens (including phenoxy) is 1. The number of aromatic nitrogens is 1. The Labute approximate surface area is 97.2 Å². The van der Waals surface area contributed by atoms with Crippen LogP contribution in [0, 0.1) is 12.8 Å². The van der Waals surface area contributed by atoms with Gasteiger partial charge in [-0.1, -0.05) is 12.8 Å². The number of hydrogen-bond acceptors (Lipinski definition) is 3. The van der Waals surface area contributed by atoms with Crippen LogP contribution in [0.1, 0.15) is 30.7 Å². The molecule has 0 unspecified atom stereocenters. The van der Waals surface area contributed by atoms with E-state index in [1.807, 2.05) is 19.1 Å². The summed E-state index contributed by atoms with van der Waals surface area (Å²) in [7, 11) is 1.69. The predicted octanol–water partition coefficient (Wildman–Crippen LogP) is 2.29. The highest BCUT2D eigenvalue weighted by Gasteiger charge is 2.19. The first-order valence-corrected chi connectivity index (χ1v) is 6.00. The van der Waals surface area contributed by atoms with Gasteiger partial charge in [-0.2, -0.15) is 0 Å². The molecule has 1 fully saturated rings. The summed E-state index contributed by atoms with van der Waals surface area (Å²) in [5, 5.41) is 3.43. The van der Waals surface area contributed by atoms with Crippen LogP contribution < -0.4 is 10.1 Å². The molecule has 16 heavy (non-hydrogen) atoms. The fourth-order valence-corrected chi connectivity index (χ4v) is 1.84. The Balaban J connectivity index is 1.80. The van der Waals surface area contributed by atoms with E-state index < -0.39 is 0 Å². The van der Waals surface area contributed by atoms with Gasteiger partial charge in [0.05, 0.1) is 12.8 Å². The number of aryl methyl sites for hydroxylation is 1. The van der Waals surface area contributed by atoms with Gasteiger partial charge < -0.3 is 10.1 Å². The largest absolute Gasteiger partial charge is 0.497 e. The summed E-state index contributed by atoms with van der Waals surface area (Å²) in [6.45, 7) is 3.93. The Kier molecular flexibility index (Phi) is 3.78. The molecule has 3 heteroatoms. The molecule has 0 spiro atoms. The second kappa shape index (κ2) is 5.30. The van der Waals surface area contributed by atoms with Gasteiger partial charge in [0.1, 0.15) is 5.75 Å². The van der Waals surface area contributed by atoms with Gasteiger partial charge >= 0.3 is 0 Å². The van der Waals surface area contributed by atoms with Gasteiger partial charge in [0, 0.05) is 24.4 Å². The third-order valence-corrected chi connectivity index (χ3v) is 2.95. The minimum atomic E-state index is 0.838. The number of nitrogens with zero attached hydrogens (tertiary/aromatic N) is 1. The van der Waals surface area contributed by atoms with Crippen molar-refractivity contribution in [3.8, 4) is 5.75 Å². The fourth-order valence-electron chi connectivity index (χ4n) is 1.84. The normalized spacial score (nSPS) is 15.1. The van der Waals surface area contributed by atoms with Crippen molar-refractivity contribution in [1.29, 1.82) is 0 Å². The van der Waals surface area contributed by atoms with Crippen LogP contribution in [-0.4, -0.2) is 18.6 Å². The molecule has 1 aliphatic carbocycles. The number of hydrogen-bond donors (Lipinski definition) is 1. The lowest BCUT2D eigenvalue weighted by Crippen LogP contribution is -2.16. The van der Waals surface area contributed by atoms with Gasteiger partial charge in [0.2, 0.25) is 0 Å². The summed E-state index contributed by atoms with van der Waals surface area (Å²) in [6.07, 6.45) is 4.17. The molecule has 0 aliphatic heterocycles. The first-order valence-electron chi connectivity index (χ1n) is 6.00. The van der Waals surface area contributed by atoms with Crippen molar-refractivity contribution in [2.24, 2.45) is 5.92 Å². The summed E-state index contributed by atoms with van der Waals surface area (Å²) >= 11 is 0. The smallest absolute Gasteiger partial charge is 0.122 e. The Hall–Kier alpha value is -1.09. The molecule has 0 aromatic carbocycles. The van der Waals surface area contributed by atoms with E-state index in [1.165, 1.54) is 19.3 Å². The van der Waals surface area contributed by atoms with Crippen LogP contribution in [-0.2, 0) is 6.54 Å². The Morgan fingerprint density at radius 1 is 1.44 bits per heavy atom. The van der Waals surface area contributed by atoms with E-state index in [4.69, 9.17) is 4.74 Å². The summed E-state index contributed by atoms with van der Waals surface area (Å²) < 4.78 is 5.22. The summed E-state index contributed by atoms with van der Waals surface area (Å²) in [5.41, 5.74) is 2.07. The maximum Gasteiger partial charge on any atom is 0.122 e. The summed E-state index contributed by atoms with van der Waals surface area (Å²) in [5.74, 6) is 1.89. The number of rotatable bonds is 6. The van der Waals surface area contributed by atoms with E-state index in [9.17, 15) is 0 Å². The van der Waals surface area contributed by atoms with Crippen molar-refractivity contribution >= 4 is 0 Å². The van der Waals surface area contributed by atoms with Gasteiger partial charge in [-0.15, -0.1) is 0 Å². The molecule has 1 aromatic rings. The van der Waals surface area contributed by atoms with Crippen LogP contribution in [0.15, 0.2) is 12.1 Å². The van der Waals surface area contributed by atoms with Crippen LogP contribution in [0.3, 0.4) is 0 Å². The van der Waals surface area contributed by atoms with Crippen molar-refractivity contribution in [2.75, 3.05) is 13.7 Å². The fraction of sp³-hybridized carbons (Fsp3) is 0.615. The topological polar surface area (TPSA) is 34.1 Å². The van der Waals surface area contributed by atoms with Crippen molar-refractivity contribution in [3.05, 3.63) is 23.5 Å². The molecule has 0 amide bonds. The van der Waals surface area contributed by atoms with Crippen LogP contribution in [0.5, 0.6) is 5.75 Å². The molecule has 0 atom stereocenters. The second-order valence-corrected chi connectivity index (χ2v) is 4.55. The molecular weight excluding hydrogens is 200 g/mol. The van der Waals surface area contributed by atoms with E-state index in [2.05, 4.69) is 10.3 Å². The number of nitrogens with one attached hydrogen (secondary N) is 1. The quantitative estimate of drug-likeness (QED) is 0.747. The minimum absolute atomic E-state index is 0.838. The Morgan fingerprint density at radius 2 is 2.25 bits per heavy atom. The molecule has 1 heterocycles. The molecule has 0 radical (unpaired) electrons. The van der Waals surface area contributed by atoms with E-state index in [1.54, 1.807) is 7.11 Å². The molecule has 1 aliphatic rings. The molecule has 3 nitrogen and oxygen atoms in total. The highest BCUT2D eigenvalue weighted by molar-refractivity contribution is 5.26. The van der Waals surface area contributed by atoms with Crippen molar-refractivity contribution in [1.82, 2.24) is 10.3 Å². The zero-order valence-electron chi connectivity index (χ0n) is 10.1. The number of methoxy groups -OCH3 is 1. The van der Waals surface area contributed by atoms with E-state index in [0.717, 1.165) is 36.1 Å². The lowest BCUT2D eigenvalue weighted by atomic mass is 10.2.